The second-order valence-corrected chi connectivity index (χ2v) is 4.93. The predicted octanol–water partition coefficient (Wildman–Crippen LogP) is 3.59. The van der Waals surface area contributed by atoms with Gasteiger partial charge < -0.3 is 5.32 Å². The van der Waals surface area contributed by atoms with E-state index in [0.29, 0.717) is 0 Å². The Morgan fingerprint density at radius 1 is 0.840 bits per heavy atom. The fourth-order valence-corrected chi connectivity index (χ4v) is 2.08. The molecule has 128 valence electrons. The molecule has 0 aliphatic rings. The molecule has 0 amide bonds. The van der Waals surface area contributed by atoms with Crippen LogP contribution in [0, 0.1) is 0 Å². The molecule has 2 rings (SSSR count). The van der Waals surface area contributed by atoms with Gasteiger partial charge in [-0.05, 0) is 29.3 Å². The maximum absolute atomic E-state index is 12.9. The molecule has 0 aliphatic carbocycles. The Bertz CT molecular complexity index is 719. The molecule has 2 aromatic rings. The summed E-state index contributed by atoms with van der Waals surface area (Å²) in [4.78, 5) is 0. The van der Waals surface area contributed by atoms with Gasteiger partial charge in [-0.1, -0.05) is 24.3 Å². The van der Waals surface area contributed by atoms with Gasteiger partial charge in [-0.15, -0.1) is 24.9 Å². The zero-order chi connectivity index (χ0) is 18.0. The van der Waals surface area contributed by atoms with E-state index in [1.165, 1.54) is 12.1 Å². The van der Waals surface area contributed by atoms with E-state index >= 15 is 0 Å². The molecular weight excluding hydrogens is 371 g/mol. The van der Waals surface area contributed by atoms with E-state index in [-0.39, 0.29) is 74.7 Å². The Kier molecular flexibility index (Phi) is 7.76. The first-order chi connectivity index (χ1) is 11.1. The number of rotatable bonds is 4. The van der Waals surface area contributed by atoms with Crippen molar-refractivity contribution in [1.82, 2.24) is 0 Å². The number of hydrogen-bond acceptors (Lipinski definition) is 0. The Morgan fingerprint density at radius 2 is 1.36 bits per heavy atom. The molecule has 0 radical (unpaired) electrons. The molecule has 0 atom stereocenters. The summed E-state index contributed by atoms with van der Waals surface area (Å²) in [7, 11) is 0. The first-order valence-corrected chi connectivity index (χ1v) is 6.80. The molecule has 0 aliphatic heterocycles. The van der Waals surface area contributed by atoms with Crippen molar-refractivity contribution in [3.8, 4) is 11.1 Å². The van der Waals surface area contributed by atoms with Crippen LogP contribution < -0.4 is 51.4 Å². The van der Waals surface area contributed by atoms with Crippen molar-refractivity contribution >= 4 is 5.69 Å². The van der Waals surface area contributed by atoms with Gasteiger partial charge in [0.2, 0.25) is 0 Å². The molecule has 2 aromatic carbocycles. The van der Waals surface area contributed by atoms with Gasteiger partial charge in [0.1, 0.15) is 0 Å². The molecule has 0 spiro atoms. The van der Waals surface area contributed by atoms with Crippen molar-refractivity contribution in [2.24, 2.45) is 0 Å². The Balaban J connectivity index is 0.00000312. The molecule has 0 heterocycles. The predicted molar refractivity (Wildman–Crippen MR) is 80.0 cm³/mol. The standard InChI is InChI=1S/C17H12F6N.K/c1-2-9-24-15-8-7-13(17(21,22)23)10-14(15)11-3-5-12(6-4-11)16(18,19)20;/h2-8,10H,1,9H2;/q-1;+1. The van der Waals surface area contributed by atoms with Crippen LogP contribution in [-0.2, 0) is 12.4 Å². The summed E-state index contributed by atoms with van der Waals surface area (Å²) < 4.78 is 76.5. The van der Waals surface area contributed by atoms with Gasteiger partial charge in [-0.2, -0.15) is 26.3 Å². The van der Waals surface area contributed by atoms with E-state index in [1.54, 1.807) is 0 Å². The zero-order valence-corrected chi connectivity index (χ0v) is 16.4. The molecule has 0 fully saturated rings. The summed E-state index contributed by atoms with van der Waals surface area (Å²) in [5.74, 6) is 0. The van der Waals surface area contributed by atoms with Gasteiger partial charge in [-0.25, -0.2) is 0 Å². The van der Waals surface area contributed by atoms with E-state index in [2.05, 4.69) is 11.9 Å². The third-order valence-electron chi connectivity index (χ3n) is 3.24. The Hall–Kier alpha value is -0.804. The molecule has 1 nitrogen and oxygen atoms in total. The van der Waals surface area contributed by atoms with Crippen LogP contribution in [0.2, 0.25) is 0 Å². The van der Waals surface area contributed by atoms with Gasteiger partial charge in [0.15, 0.2) is 0 Å². The summed E-state index contributed by atoms with van der Waals surface area (Å²) in [6.45, 7) is 3.65. The smallest absolute Gasteiger partial charge is 0.681 e. The third kappa shape index (κ3) is 5.85. The van der Waals surface area contributed by atoms with E-state index in [9.17, 15) is 26.3 Å². The minimum Gasteiger partial charge on any atom is -0.681 e. The van der Waals surface area contributed by atoms with Gasteiger partial charge in [-0.3, -0.25) is 0 Å². The minimum absolute atomic E-state index is 0. The van der Waals surface area contributed by atoms with Crippen molar-refractivity contribution in [2.75, 3.05) is 6.54 Å². The molecular formula is C17H12F6KN. The van der Waals surface area contributed by atoms with Crippen molar-refractivity contribution in [2.45, 2.75) is 12.4 Å². The average Bonchev–Trinajstić information content (AvgIpc) is 2.51. The second kappa shape index (κ2) is 8.72. The number of hydrogen-bond donors (Lipinski definition) is 0. The molecule has 0 bridgehead atoms. The summed E-state index contributed by atoms with van der Waals surface area (Å²) in [6, 6.07) is 6.87. The molecule has 0 saturated heterocycles. The Morgan fingerprint density at radius 3 is 1.84 bits per heavy atom. The largest absolute Gasteiger partial charge is 1.00 e. The van der Waals surface area contributed by atoms with Crippen LogP contribution in [0.1, 0.15) is 11.1 Å². The van der Waals surface area contributed by atoms with Crippen molar-refractivity contribution in [3.05, 3.63) is 71.6 Å². The average molecular weight is 383 g/mol. The number of benzene rings is 2. The second-order valence-electron chi connectivity index (χ2n) is 4.93. The quantitative estimate of drug-likeness (QED) is 0.435. The number of halogens is 6. The van der Waals surface area contributed by atoms with Crippen LogP contribution in [0.25, 0.3) is 16.4 Å². The van der Waals surface area contributed by atoms with Gasteiger partial charge in [0.05, 0.1) is 11.1 Å². The summed E-state index contributed by atoms with van der Waals surface area (Å²) in [5, 5.41) is 4.09. The fraction of sp³-hybridized carbons (Fsp3) is 0.176. The maximum atomic E-state index is 12.9. The molecule has 25 heavy (non-hydrogen) atoms. The van der Waals surface area contributed by atoms with Gasteiger partial charge in [0.25, 0.3) is 0 Å². The van der Waals surface area contributed by atoms with E-state index in [0.717, 1.165) is 36.4 Å². The van der Waals surface area contributed by atoms with Crippen molar-refractivity contribution in [3.63, 3.8) is 0 Å². The summed E-state index contributed by atoms with van der Waals surface area (Å²) in [5.41, 5.74) is -1.18. The van der Waals surface area contributed by atoms with Crippen LogP contribution in [0.4, 0.5) is 32.0 Å². The maximum Gasteiger partial charge on any atom is 1.00 e. The first kappa shape index (κ1) is 22.2. The number of alkyl halides is 6. The minimum atomic E-state index is -4.56. The van der Waals surface area contributed by atoms with E-state index in [4.69, 9.17) is 0 Å². The topological polar surface area (TPSA) is 14.1 Å². The fourth-order valence-electron chi connectivity index (χ4n) is 2.08. The Labute approximate surface area is 183 Å². The zero-order valence-electron chi connectivity index (χ0n) is 13.2. The van der Waals surface area contributed by atoms with Crippen LogP contribution >= 0.6 is 0 Å². The van der Waals surface area contributed by atoms with Crippen LogP contribution in [0.15, 0.2) is 55.1 Å². The van der Waals surface area contributed by atoms with E-state index in [1.807, 2.05) is 0 Å². The summed E-state index contributed by atoms with van der Waals surface area (Å²) in [6.07, 6.45) is -7.60. The number of nitrogens with zero attached hydrogens (tertiary/aromatic N) is 1. The summed E-state index contributed by atoms with van der Waals surface area (Å²) >= 11 is 0. The normalized spacial score (nSPS) is 11.6. The monoisotopic (exact) mass is 383 g/mol. The van der Waals surface area contributed by atoms with Gasteiger partial charge in [0, 0.05) is 0 Å². The molecule has 0 saturated carbocycles. The first-order valence-electron chi connectivity index (χ1n) is 6.80. The van der Waals surface area contributed by atoms with Crippen LogP contribution in [0.3, 0.4) is 0 Å². The molecule has 8 heteroatoms. The molecule has 0 unspecified atom stereocenters. The third-order valence-corrected chi connectivity index (χ3v) is 3.24. The molecule has 0 aromatic heterocycles. The van der Waals surface area contributed by atoms with Crippen LogP contribution in [-0.4, -0.2) is 6.54 Å². The van der Waals surface area contributed by atoms with Crippen molar-refractivity contribution < 1.29 is 77.7 Å². The SMILES string of the molecule is C=CC[N-]c1ccc(C(F)(F)F)cc1-c1ccc(C(F)(F)F)cc1.[K+]. The van der Waals surface area contributed by atoms with Gasteiger partial charge >= 0.3 is 63.7 Å². The molecule has 0 N–H and O–H groups in total. The van der Waals surface area contributed by atoms with Crippen molar-refractivity contribution in [1.29, 1.82) is 0 Å². The van der Waals surface area contributed by atoms with E-state index < -0.39 is 23.5 Å². The van der Waals surface area contributed by atoms with Crippen LogP contribution in [0.5, 0.6) is 0 Å².